The largest absolute Gasteiger partial charge is 0.490 e. The van der Waals surface area contributed by atoms with Crippen LogP contribution in [-0.2, 0) is 31.9 Å². The van der Waals surface area contributed by atoms with Gasteiger partial charge in [0.2, 0.25) is 0 Å². The molecule has 1 unspecified atom stereocenters. The third-order valence-corrected chi connectivity index (χ3v) is 7.64. The van der Waals surface area contributed by atoms with Gasteiger partial charge in [0.15, 0.2) is 18.2 Å². The van der Waals surface area contributed by atoms with E-state index in [9.17, 15) is 18.0 Å². The van der Waals surface area contributed by atoms with Gasteiger partial charge in [-0.15, -0.1) is 5.10 Å². The lowest BCUT2D eigenvalue weighted by Crippen LogP contribution is -2.41. The van der Waals surface area contributed by atoms with Gasteiger partial charge in [-0.3, -0.25) is 4.57 Å². The molecule has 2 aromatic rings. The van der Waals surface area contributed by atoms with Gasteiger partial charge >= 0.3 is 19.0 Å². The average molecular weight is 603 g/mol. The van der Waals surface area contributed by atoms with Crippen LogP contribution in [0.5, 0.6) is 5.75 Å². The summed E-state index contributed by atoms with van der Waals surface area (Å²) in [5, 5.41) is 4.18. The molecule has 2 aliphatic heterocycles. The Morgan fingerprint density at radius 1 is 1.21 bits per heavy atom. The fourth-order valence-electron chi connectivity index (χ4n) is 4.44. The van der Waals surface area contributed by atoms with Crippen LogP contribution in [-0.4, -0.2) is 57.8 Å². The van der Waals surface area contributed by atoms with Crippen molar-refractivity contribution in [3.63, 3.8) is 0 Å². The maximum atomic E-state index is 15.5. The summed E-state index contributed by atoms with van der Waals surface area (Å²) in [5.41, 5.74) is -3.56. The van der Waals surface area contributed by atoms with Crippen LogP contribution >= 0.6 is 0 Å². The molecule has 0 bridgehead atoms. The van der Waals surface area contributed by atoms with E-state index < -0.39 is 71.2 Å². The van der Waals surface area contributed by atoms with Gasteiger partial charge in [0.25, 0.3) is 0 Å². The van der Waals surface area contributed by atoms with Crippen molar-refractivity contribution < 1.29 is 45.5 Å². The number of alkyl halides is 3. The fourth-order valence-corrected chi connectivity index (χ4v) is 4.44. The van der Waals surface area contributed by atoms with E-state index in [-0.39, 0.29) is 19.0 Å². The molecule has 1 aromatic carbocycles. The molecule has 0 saturated carbocycles. The highest BCUT2D eigenvalue weighted by Gasteiger charge is 2.50. The van der Waals surface area contributed by atoms with Gasteiger partial charge in [-0.1, -0.05) is 0 Å². The number of rotatable bonds is 9. The summed E-state index contributed by atoms with van der Waals surface area (Å²) in [6, 6.07) is 1.46. The monoisotopic (exact) mass is 603 g/mol. The first-order valence-corrected chi connectivity index (χ1v) is 13.8. The smallest absolute Gasteiger partial charge is 0.480 e. The summed E-state index contributed by atoms with van der Waals surface area (Å²) in [6.45, 7) is 9.91. The number of ether oxygens (including phenoxy) is 3. The minimum atomic E-state index is -4.82. The molecule has 2 aliphatic rings. The molecule has 4 rings (SSSR count). The molecule has 3 heterocycles. The van der Waals surface area contributed by atoms with Crippen molar-refractivity contribution in [2.75, 3.05) is 6.61 Å². The zero-order chi connectivity index (χ0) is 31.0. The Bertz CT molecular complexity index is 1350. The van der Waals surface area contributed by atoms with Crippen LogP contribution in [0.1, 0.15) is 72.2 Å². The maximum absolute atomic E-state index is 15.5. The Kier molecular flexibility index (Phi) is 9.27. The molecule has 0 amide bonds. The van der Waals surface area contributed by atoms with E-state index in [1.165, 1.54) is 4.57 Å². The van der Waals surface area contributed by atoms with Crippen molar-refractivity contribution in [3.8, 4) is 11.4 Å². The standard InChI is InChI=1S/C27H35BF5N3O6/c1-7-35-22(15-39-23-10-8-9-11-38-23)34-36(24(35)37)20-13-21(40-16(2)27(31,32)33)17(12-18(20)29)19(30)14-28-41-25(3,4)26(5,6)42-28/h12-14,16,23H,7-11,15H2,1-6H3/b19-14-/t16-,23?/m0/s1. The van der Waals surface area contributed by atoms with Crippen molar-refractivity contribution in [1.29, 1.82) is 0 Å². The third-order valence-electron chi connectivity index (χ3n) is 7.64. The van der Waals surface area contributed by atoms with Crippen LogP contribution in [0, 0.1) is 5.82 Å². The first-order valence-electron chi connectivity index (χ1n) is 13.8. The second-order valence-corrected chi connectivity index (χ2v) is 11.2. The van der Waals surface area contributed by atoms with Gasteiger partial charge in [0, 0.05) is 19.2 Å². The summed E-state index contributed by atoms with van der Waals surface area (Å²) in [5.74, 6) is -1.89. The molecule has 0 spiro atoms. The molecule has 2 saturated heterocycles. The second-order valence-electron chi connectivity index (χ2n) is 11.2. The first kappa shape index (κ1) is 32.2. The zero-order valence-electron chi connectivity index (χ0n) is 24.4. The topological polar surface area (TPSA) is 86.0 Å². The van der Waals surface area contributed by atoms with Crippen LogP contribution in [0.25, 0.3) is 11.5 Å². The maximum Gasteiger partial charge on any atom is 0.490 e. The molecule has 15 heteroatoms. The lowest BCUT2D eigenvalue weighted by atomic mass is 9.88. The Balaban J connectivity index is 1.73. The highest BCUT2D eigenvalue weighted by molar-refractivity contribution is 6.53. The second kappa shape index (κ2) is 12.1. The minimum Gasteiger partial charge on any atom is -0.480 e. The number of aromatic nitrogens is 3. The quantitative estimate of drug-likeness (QED) is 0.276. The third kappa shape index (κ3) is 6.74. The molecular weight excluding hydrogens is 568 g/mol. The molecule has 1 aromatic heterocycles. The van der Waals surface area contributed by atoms with E-state index in [1.54, 1.807) is 34.6 Å². The highest BCUT2D eigenvalue weighted by Crippen LogP contribution is 2.39. The van der Waals surface area contributed by atoms with Gasteiger partial charge in [-0.2, -0.15) is 17.9 Å². The predicted octanol–water partition coefficient (Wildman–Crippen LogP) is 5.51. The van der Waals surface area contributed by atoms with Crippen molar-refractivity contribution in [2.24, 2.45) is 0 Å². The molecule has 2 atom stereocenters. The van der Waals surface area contributed by atoms with Crippen molar-refractivity contribution in [3.05, 3.63) is 45.8 Å². The molecule has 42 heavy (non-hydrogen) atoms. The van der Waals surface area contributed by atoms with Crippen LogP contribution in [0.15, 0.2) is 22.9 Å². The SMILES string of the molecule is CCn1c(COC2CCCCO2)nn(-c2cc(O[C@@H](C)C(F)(F)F)c(/C(F)=C/B3OC(C)(C)C(C)(C)O3)cc2F)c1=O. The molecule has 9 nitrogen and oxygen atoms in total. The molecule has 2 fully saturated rings. The van der Waals surface area contributed by atoms with Crippen LogP contribution < -0.4 is 10.4 Å². The Morgan fingerprint density at radius 3 is 2.45 bits per heavy atom. The van der Waals surface area contributed by atoms with E-state index in [1.807, 2.05) is 0 Å². The number of hydrogen-bond donors (Lipinski definition) is 0. The average Bonchev–Trinajstić information content (AvgIpc) is 3.32. The summed E-state index contributed by atoms with van der Waals surface area (Å²) in [7, 11) is -1.20. The molecule has 0 aliphatic carbocycles. The normalized spacial score (nSPS) is 21.5. The van der Waals surface area contributed by atoms with Gasteiger partial charge < -0.3 is 23.5 Å². The fraction of sp³-hybridized carbons (Fsp3) is 0.630. The van der Waals surface area contributed by atoms with Crippen LogP contribution in [0.3, 0.4) is 0 Å². The van der Waals surface area contributed by atoms with Crippen LogP contribution in [0.2, 0.25) is 0 Å². The van der Waals surface area contributed by atoms with Gasteiger partial charge in [0.1, 0.15) is 29.7 Å². The summed E-state index contributed by atoms with van der Waals surface area (Å²) in [6.07, 6.45) is -5.20. The van der Waals surface area contributed by atoms with E-state index in [0.29, 0.717) is 23.8 Å². The van der Waals surface area contributed by atoms with Gasteiger partial charge in [-0.25, -0.2) is 13.6 Å². The number of benzene rings is 1. The summed E-state index contributed by atoms with van der Waals surface area (Å²) < 4.78 is 101. The van der Waals surface area contributed by atoms with Crippen molar-refractivity contribution in [2.45, 2.75) is 104 Å². The Hall–Kier alpha value is -2.75. The lowest BCUT2D eigenvalue weighted by molar-refractivity contribution is -0.189. The number of halogens is 5. The predicted molar refractivity (Wildman–Crippen MR) is 143 cm³/mol. The molecule has 0 radical (unpaired) electrons. The minimum absolute atomic E-state index is 0.125. The van der Waals surface area contributed by atoms with Crippen LogP contribution in [0.4, 0.5) is 22.0 Å². The number of hydrogen-bond acceptors (Lipinski definition) is 7. The van der Waals surface area contributed by atoms with Crippen molar-refractivity contribution in [1.82, 2.24) is 14.3 Å². The zero-order valence-corrected chi connectivity index (χ0v) is 24.4. The molecular formula is C27H35BF5N3O6. The lowest BCUT2D eigenvalue weighted by Gasteiger charge is -2.32. The van der Waals surface area contributed by atoms with E-state index >= 15 is 8.78 Å². The molecule has 232 valence electrons. The van der Waals surface area contributed by atoms with Gasteiger partial charge in [0.05, 0.1) is 16.8 Å². The number of nitrogens with zero attached hydrogens (tertiary/aromatic N) is 3. The van der Waals surface area contributed by atoms with E-state index in [2.05, 4.69) is 5.10 Å². The Labute approximate surface area is 240 Å². The highest BCUT2D eigenvalue weighted by atomic mass is 19.4. The molecule has 0 N–H and O–H groups in total. The van der Waals surface area contributed by atoms with Gasteiger partial charge in [-0.05, 0) is 72.8 Å². The van der Waals surface area contributed by atoms with E-state index in [4.69, 9.17) is 23.5 Å². The summed E-state index contributed by atoms with van der Waals surface area (Å²) >= 11 is 0. The van der Waals surface area contributed by atoms with Crippen molar-refractivity contribution >= 4 is 12.9 Å². The first-order chi connectivity index (χ1) is 19.5. The summed E-state index contributed by atoms with van der Waals surface area (Å²) in [4.78, 5) is 13.2. The Morgan fingerprint density at radius 2 is 1.88 bits per heavy atom. The van der Waals surface area contributed by atoms with E-state index in [0.717, 1.165) is 31.8 Å².